The SMILES string of the molecule is COc1ccccc1C(=O)Nc1cccc(N2CCCN(Cc3ccc(F)cc3)C2=O)c1. The number of ether oxygens (including phenoxy) is 1. The summed E-state index contributed by atoms with van der Waals surface area (Å²) in [6.45, 7) is 1.64. The summed E-state index contributed by atoms with van der Waals surface area (Å²) in [5.74, 6) is -0.0985. The zero-order chi connectivity index (χ0) is 22.5. The number of rotatable bonds is 6. The van der Waals surface area contributed by atoms with Crippen LogP contribution in [0.25, 0.3) is 0 Å². The highest BCUT2D eigenvalue weighted by atomic mass is 19.1. The molecule has 6 nitrogen and oxygen atoms in total. The lowest BCUT2D eigenvalue weighted by Gasteiger charge is -2.36. The van der Waals surface area contributed by atoms with Gasteiger partial charge in [0, 0.05) is 31.0 Å². The minimum absolute atomic E-state index is 0.117. The van der Waals surface area contributed by atoms with Gasteiger partial charge >= 0.3 is 6.03 Å². The number of hydrogen-bond acceptors (Lipinski definition) is 3. The maximum Gasteiger partial charge on any atom is 0.324 e. The van der Waals surface area contributed by atoms with Crippen LogP contribution in [0.2, 0.25) is 0 Å². The molecule has 0 spiro atoms. The number of amides is 3. The molecule has 3 aromatic carbocycles. The van der Waals surface area contributed by atoms with Crippen molar-refractivity contribution in [1.29, 1.82) is 0 Å². The van der Waals surface area contributed by atoms with Crippen LogP contribution in [-0.2, 0) is 6.54 Å². The molecule has 0 aliphatic carbocycles. The van der Waals surface area contributed by atoms with Crippen LogP contribution >= 0.6 is 0 Å². The average molecular weight is 433 g/mol. The zero-order valence-electron chi connectivity index (χ0n) is 17.8. The van der Waals surface area contributed by atoms with E-state index in [9.17, 15) is 14.0 Å². The molecule has 0 unspecified atom stereocenters. The lowest BCUT2D eigenvalue weighted by atomic mass is 10.1. The molecular formula is C25H24FN3O3. The minimum Gasteiger partial charge on any atom is -0.496 e. The number of hydrogen-bond donors (Lipinski definition) is 1. The molecule has 1 fully saturated rings. The van der Waals surface area contributed by atoms with E-state index >= 15 is 0 Å². The number of methoxy groups -OCH3 is 1. The van der Waals surface area contributed by atoms with Crippen molar-refractivity contribution in [3.05, 3.63) is 89.7 Å². The second-order valence-corrected chi connectivity index (χ2v) is 7.54. The van der Waals surface area contributed by atoms with Gasteiger partial charge in [-0.2, -0.15) is 0 Å². The molecule has 7 heteroatoms. The van der Waals surface area contributed by atoms with Gasteiger partial charge in [0.05, 0.1) is 12.7 Å². The van der Waals surface area contributed by atoms with Gasteiger partial charge in [-0.1, -0.05) is 30.3 Å². The number of para-hydroxylation sites is 1. The Morgan fingerprint density at radius 2 is 1.81 bits per heavy atom. The Morgan fingerprint density at radius 1 is 1.03 bits per heavy atom. The number of anilines is 2. The van der Waals surface area contributed by atoms with Crippen molar-refractivity contribution in [1.82, 2.24) is 4.90 Å². The van der Waals surface area contributed by atoms with Crippen LogP contribution < -0.4 is 15.0 Å². The molecule has 1 saturated heterocycles. The predicted molar refractivity (Wildman–Crippen MR) is 122 cm³/mol. The molecule has 1 heterocycles. The molecule has 3 aromatic rings. The Bertz CT molecular complexity index is 1120. The number of nitrogens with zero attached hydrogens (tertiary/aromatic N) is 2. The Kier molecular flexibility index (Phi) is 6.35. The van der Waals surface area contributed by atoms with Crippen molar-refractivity contribution in [2.45, 2.75) is 13.0 Å². The summed E-state index contributed by atoms with van der Waals surface area (Å²) in [5, 5.41) is 2.88. The predicted octanol–water partition coefficient (Wildman–Crippen LogP) is 4.92. The van der Waals surface area contributed by atoms with E-state index in [1.807, 2.05) is 6.07 Å². The second kappa shape index (κ2) is 9.51. The average Bonchev–Trinajstić information content (AvgIpc) is 2.82. The maximum atomic E-state index is 13.2. The van der Waals surface area contributed by atoms with Crippen LogP contribution in [0.4, 0.5) is 20.6 Å². The van der Waals surface area contributed by atoms with Crippen molar-refractivity contribution in [2.24, 2.45) is 0 Å². The Hall–Kier alpha value is -3.87. The molecule has 1 N–H and O–H groups in total. The molecular weight excluding hydrogens is 409 g/mol. The van der Waals surface area contributed by atoms with Gasteiger partial charge in [-0.25, -0.2) is 9.18 Å². The Morgan fingerprint density at radius 3 is 2.59 bits per heavy atom. The van der Waals surface area contributed by atoms with Gasteiger partial charge in [0.1, 0.15) is 11.6 Å². The van der Waals surface area contributed by atoms with Crippen molar-refractivity contribution >= 4 is 23.3 Å². The third kappa shape index (κ3) is 4.72. The number of nitrogens with one attached hydrogen (secondary N) is 1. The summed E-state index contributed by atoms with van der Waals surface area (Å²) >= 11 is 0. The Balaban J connectivity index is 1.49. The highest BCUT2D eigenvalue weighted by Gasteiger charge is 2.27. The number of carbonyl (C=O) groups excluding carboxylic acids is 2. The van der Waals surface area contributed by atoms with E-state index in [0.717, 1.165) is 12.0 Å². The first kappa shape index (κ1) is 21.4. The fourth-order valence-corrected chi connectivity index (χ4v) is 3.76. The van der Waals surface area contributed by atoms with Crippen molar-refractivity contribution in [2.75, 3.05) is 30.4 Å². The van der Waals surface area contributed by atoms with E-state index in [4.69, 9.17) is 4.74 Å². The summed E-state index contributed by atoms with van der Waals surface area (Å²) in [6, 6.07) is 20.3. The standard InChI is InChI=1S/C25H24FN3O3/c1-32-23-9-3-2-8-22(23)24(30)27-20-6-4-7-21(16-20)29-15-5-14-28(25(29)31)17-18-10-12-19(26)13-11-18/h2-4,6-13,16H,5,14-15,17H2,1H3,(H,27,30). The monoisotopic (exact) mass is 433 g/mol. The molecule has 0 atom stereocenters. The third-order valence-corrected chi connectivity index (χ3v) is 5.37. The molecule has 0 bridgehead atoms. The van der Waals surface area contributed by atoms with E-state index in [1.54, 1.807) is 64.4 Å². The molecule has 0 saturated carbocycles. The van der Waals surface area contributed by atoms with Gasteiger partial charge < -0.3 is 15.0 Å². The highest BCUT2D eigenvalue weighted by Crippen LogP contribution is 2.26. The summed E-state index contributed by atoms with van der Waals surface area (Å²) in [5.41, 5.74) is 2.60. The first-order valence-corrected chi connectivity index (χ1v) is 10.4. The van der Waals surface area contributed by atoms with Crippen LogP contribution in [0.3, 0.4) is 0 Å². The van der Waals surface area contributed by atoms with E-state index in [2.05, 4.69) is 5.32 Å². The van der Waals surface area contributed by atoms with Gasteiger partial charge in [0.25, 0.3) is 5.91 Å². The van der Waals surface area contributed by atoms with E-state index < -0.39 is 0 Å². The summed E-state index contributed by atoms with van der Waals surface area (Å²) in [4.78, 5) is 29.3. The summed E-state index contributed by atoms with van der Waals surface area (Å²) in [6.07, 6.45) is 0.810. The summed E-state index contributed by atoms with van der Waals surface area (Å²) < 4.78 is 18.4. The quantitative estimate of drug-likeness (QED) is 0.600. The number of urea groups is 1. The smallest absolute Gasteiger partial charge is 0.324 e. The molecule has 1 aliphatic rings. The maximum absolute atomic E-state index is 13.2. The molecule has 0 aromatic heterocycles. The van der Waals surface area contributed by atoms with Gasteiger partial charge in [-0.05, 0) is 54.4 Å². The normalized spacial score (nSPS) is 13.8. The van der Waals surface area contributed by atoms with Crippen LogP contribution in [0.1, 0.15) is 22.3 Å². The zero-order valence-corrected chi connectivity index (χ0v) is 17.8. The fourth-order valence-electron chi connectivity index (χ4n) is 3.76. The Labute approximate surface area is 186 Å². The summed E-state index contributed by atoms with van der Waals surface area (Å²) in [7, 11) is 1.52. The topological polar surface area (TPSA) is 61.9 Å². The van der Waals surface area contributed by atoms with Gasteiger partial charge in [0.2, 0.25) is 0 Å². The largest absolute Gasteiger partial charge is 0.496 e. The van der Waals surface area contributed by atoms with E-state index in [0.29, 0.717) is 42.3 Å². The van der Waals surface area contributed by atoms with Crippen LogP contribution in [0.5, 0.6) is 5.75 Å². The molecule has 1 aliphatic heterocycles. The van der Waals surface area contributed by atoms with Gasteiger partial charge in [0.15, 0.2) is 0 Å². The molecule has 3 amide bonds. The molecule has 4 rings (SSSR count). The molecule has 0 radical (unpaired) electrons. The lowest BCUT2D eigenvalue weighted by molar-refractivity contribution is 0.102. The first-order valence-electron chi connectivity index (χ1n) is 10.4. The minimum atomic E-state index is -0.299. The third-order valence-electron chi connectivity index (χ3n) is 5.37. The first-order chi connectivity index (χ1) is 15.5. The number of halogens is 1. The van der Waals surface area contributed by atoms with E-state index in [-0.39, 0.29) is 17.8 Å². The second-order valence-electron chi connectivity index (χ2n) is 7.54. The van der Waals surface area contributed by atoms with E-state index in [1.165, 1.54) is 19.2 Å². The van der Waals surface area contributed by atoms with Crippen LogP contribution in [0.15, 0.2) is 72.8 Å². The van der Waals surface area contributed by atoms with Crippen molar-refractivity contribution in [3.63, 3.8) is 0 Å². The van der Waals surface area contributed by atoms with Gasteiger partial charge in [-0.3, -0.25) is 9.69 Å². The molecule has 32 heavy (non-hydrogen) atoms. The molecule has 164 valence electrons. The van der Waals surface area contributed by atoms with Gasteiger partial charge in [-0.15, -0.1) is 0 Å². The van der Waals surface area contributed by atoms with Crippen LogP contribution in [0, 0.1) is 5.82 Å². The number of carbonyl (C=O) groups is 2. The van der Waals surface area contributed by atoms with Crippen molar-refractivity contribution in [3.8, 4) is 5.75 Å². The lowest BCUT2D eigenvalue weighted by Crippen LogP contribution is -2.49. The number of benzene rings is 3. The fraction of sp³-hybridized carbons (Fsp3) is 0.200. The highest BCUT2D eigenvalue weighted by molar-refractivity contribution is 6.06. The van der Waals surface area contributed by atoms with Crippen molar-refractivity contribution < 1.29 is 18.7 Å². The van der Waals surface area contributed by atoms with Crippen LogP contribution in [-0.4, -0.2) is 37.0 Å².